The average molecular weight is 234 g/mol. The lowest BCUT2D eigenvalue weighted by atomic mass is 9.97. The first kappa shape index (κ1) is 12.7. The van der Waals surface area contributed by atoms with E-state index in [-0.39, 0.29) is 24.2 Å². The fourth-order valence-electron chi connectivity index (χ4n) is 2.25. The highest BCUT2D eigenvalue weighted by atomic mass is 35.5. The summed E-state index contributed by atoms with van der Waals surface area (Å²) in [6.45, 7) is 5.91. The van der Waals surface area contributed by atoms with Gasteiger partial charge in [0.15, 0.2) is 0 Å². The summed E-state index contributed by atoms with van der Waals surface area (Å²) in [5.41, 5.74) is 0. The van der Waals surface area contributed by atoms with E-state index in [9.17, 15) is 4.79 Å². The third-order valence-electron chi connectivity index (χ3n) is 3.26. The summed E-state index contributed by atoms with van der Waals surface area (Å²) >= 11 is 0. The summed E-state index contributed by atoms with van der Waals surface area (Å²) < 4.78 is 0. The fraction of sp³-hybridized carbons (Fsp3) is 0.900. The monoisotopic (exact) mass is 233 g/mol. The average Bonchev–Trinajstić information content (AvgIpc) is 2.75. The molecule has 1 amide bonds. The molecule has 0 spiro atoms. The molecule has 2 saturated heterocycles. The number of nitrogens with one attached hydrogen (secondary N) is 3. The van der Waals surface area contributed by atoms with E-state index in [1.54, 1.807) is 0 Å². The summed E-state index contributed by atoms with van der Waals surface area (Å²) in [5, 5.41) is 9.61. The van der Waals surface area contributed by atoms with Gasteiger partial charge in [0.2, 0.25) is 5.91 Å². The van der Waals surface area contributed by atoms with Gasteiger partial charge in [0.25, 0.3) is 0 Å². The van der Waals surface area contributed by atoms with Gasteiger partial charge in [-0.15, -0.1) is 12.4 Å². The van der Waals surface area contributed by atoms with Crippen molar-refractivity contribution < 1.29 is 4.79 Å². The highest BCUT2D eigenvalue weighted by molar-refractivity contribution is 5.85. The normalized spacial score (nSPS) is 34.9. The Morgan fingerprint density at radius 3 is 2.60 bits per heavy atom. The Balaban J connectivity index is 0.00000112. The molecule has 0 radical (unpaired) electrons. The highest BCUT2D eigenvalue weighted by Gasteiger charge is 2.30. The molecule has 4 nitrogen and oxygen atoms in total. The second-order valence-corrected chi connectivity index (χ2v) is 4.44. The van der Waals surface area contributed by atoms with Crippen LogP contribution in [-0.4, -0.2) is 38.1 Å². The molecule has 2 rings (SSSR count). The van der Waals surface area contributed by atoms with Crippen molar-refractivity contribution in [2.24, 2.45) is 11.8 Å². The van der Waals surface area contributed by atoms with Gasteiger partial charge in [0.05, 0.1) is 5.92 Å². The van der Waals surface area contributed by atoms with E-state index in [4.69, 9.17) is 0 Å². The second-order valence-electron chi connectivity index (χ2n) is 4.44. The lowest BCUT2D eigenvalue weighted by Crippen LogP contribution is -2.41. The lowest BCUT2D eigenvalue weighted by Gasteiger charge is -2.17. The third-order valence-corrected chi connectivity index (χ3v) is 3.26. The zero-order chi connectivity index (χ0) is 9.97. The van der Waals surface area contributed by atoms with Crippen LogP contribution >= 0.6 is 12.4 Å². The predicted molar refractivity (Wildman–Crippen MR) is 62.2 cm³/mol. The lowest BCUT2D eigenvalue weighted by molar-refractivity contribution is -0.126. The molecule has 15 heavy (non-hydrogen) atoms. The first-order valence-electron chi connectivity index (χ1n) is 5.49. The molecule has 3 N–H and O–H groups in total. The highest BCUT2D eigenvalue weighted by Crippen LogP contribution is 2.16. The molecule has 2 fully saturated rings. The Morgan fingerprint density at radius 1 is 1.27 bits per heavy atom. The van der Waals surface area contributed by atoms with Gasteiger partial charge in [-0.3, -0.25) is 4.79 Å². The van der Waals surface area contributed by atoms with E-state index >= 15 is 0 Å². The first-order valence-corrected chi connectivity index (χ1v) is 5.49. The van der Waals surface area contributed by atoms with Gasteiger partial charge in [-0.05, 0) is 25.4 Å². The van der Waals surface area contributed by atoms with Crippen molar-refractivity contribution in [1.29, 1.82) is 0 Å². The van der Waals surface area contributed by atoms with Gasteiger partial charge in [-0.1, -0.05) is 6.92 Å². The zero-order valence-electron chi connectivity index (χ0n) is 9.08. The third kappa shape index (κ3) is 3.06. The quantitative estimate of drug-likeness (QED) is 0.616. The van der Waals surface area contributed by atoms with Crippen LogP contribution in [0.1, 0.15) is 13.3 Å². The summed E-state index contributed by atoms with van der Waals surface area (Å²) in [6, 6.07) is 0.357. The standard InChI is InChI=1S/C10H19N3O.ClH/c1-7-4-12-6-9(7)10(14)13-8-2-3-11-5-8;/h7-9,11-12H,2-6H2,1H3,(H,13,14);1H. The molecule has 0 aromatic heterocycles. The molecule has 2 aliphatic rings. The van der Waals surface area contributed by atoms with Gasteiger partial charge in [0, 0.05) is 19.1 Å². The zero-order valence-corrected chi connectivity index (χ0v) is 9.90. The number of amides is 1. The van der Waals surface area contributed by atoms with Crippen molar-refractivity contribution in [3.8, 4) is 0 Å². The Kier molecular flexibility index (Phi) is 4.83. The van der Waals surface area contributed by atoms with Crippen LogP contribution in [0.5, 0.6) is 0 Å². The molecule has 88 valence electrons. The number of halogens is 1. The van der Waals surface area contributed by atoms with Crippen molar-refractivity contribution in [2.45, 2.75) is 19.4 Å². The minimum absolute atomic E-state index is 0. The Bertz CT molecular complexity index is 219. The molecule has 0 aliphatic carbocycles. The summed E-state index contributed by atoms with van der Waals surface area (Å²) in [4.78, 5) is 11.8. The Hall–Kier alpha value is -0.320. The van der Waals surface area contributed by atoms with Crippen molar-refractivity contribution >= 4 is 18.3 Å². The summed E-state index contributed by atoms with van der Waals surface area (Å²) in [5.74, 6) is 0.885. The molecule has 0 aromatic rings. The van der Waals surface area contributed by atoms with Crippen LogP contribution in [0, 0.1) is 11.8 Å². The van der Waals surface area contributed by atoms with Gasteiger partial charge in [0.1, 0.15) is 0 Å². The van der Waals surface area contributed by atoms with Crippen molar-refractivity contribution in [1.82, 2.24) is 16.0 Å². The maximum absolute atomic E-state index is 11.8. The molecule has 3 atom stereocenters. The van der Waals surface area contributed by atoms with Gasteiger partial charge in [-0.25, -0.2) is 0 Å². The molecule has 2 aliphatic heterocycles. The molecule has 0 aromatic carbocycles. The topological polar surface area (TPSA) is 53.2 Å². The molecular weight excluding hydrogens is 214 g/mol. The van der Waals surface area contributed by atoms with Crippen LogP contribution in [-0.2, 0) is 4.79 Å². The van der Waals surface area contributed by atoms with Crippen molar-refractivity contribution in [2.75, 3.05) is 26.2 Å². The number of hydrogen-bond donors (Lipinski definition) is 3. The number of rotatable bonds is 2. The van der Waals surface area contributed by atoms with Crippen molar-refractivity contribution in [3.05, 3.63) is 0 Å². The summed E-state index contributed by atoms with van der Waals surface area (Å²) in [6.07, 6.45) is 1.07. The maximum atomic E-state index is 11.8. The van der Waals surface area contributed by atoms with E-state index in [1.807, 2.05) is 0 Å². The van der Waals surface area contributed by atoms with E-state index in [2.05, 4.69) is 22.9 Å². The molecule has 3 unspecified atom stereocenters. The summed E-state index contributed by atoms with van der Waals surface area (Å²) in [7, 11) is 0. The molecule has 5 heteroatoms. The second kappa shape index (κ2) is 5.68. The van der Waals surface area contributed by atoms with E-state index in [1.165, 1.54) is 0 Å². The molecular formula is C10H20ClN3O. The largest absolute Gasteiger partial charge is 0.352 e. The van der Waals surface area contributed by atoms with Crippen LogP contribution in [0.15, 0.2) is 0 Å². The maximum Gasteiger partial charge on any atom is 0.224 e. The Morgan fingerprint density at radius 2 is 2.07 bits per heavy atom. The molecule has 2 heterocycles. The minimum atomic E-state index is 0. The minimum Gasteiger partial charge on any atom is -0.352 e. The molecule has 0 bridgehead atoms. The number of carbonyl (C=O) groups excluding carboxylic acids is 1. The smallest absolute Gasteiger partial charge is 0.224 e. The van der Waals surface area contributed by atoms with E-state index in [0.29, 0.717) is 12.0 Å². The predicted octanol–water partition coefficient (Wildman–Crippen LogP) is -0.258. The van der Waals surface area contributed by atoms with Crippen LogP contribution in [0.3, 0.4) is 0 Å². The van der Waals surface area contributed by atoms with Gasteiger partial charge < -0.3 is 16.0 Å². The van der Waals surface area contributed by atoms with Crippen LogP contribution < -0.4 is 16.0 Å². The molecule has 0 saturated carbocycles. The van der Waals surface area contributed by atoms with Crippen LogP contribution in [0.25, 0.3) is 0 Å². The fourth-order valence-corrected chi connectivity index (χ4v) is 2.25. The van der Waals surface area contributed by atoms with Gasteiger partial charge >= 0.3 is 0 Å². The Labute approximate surface area is 97.0 Å². The SMILES string of the molecule is CC1CNCC1C(=O)NC1CCNC1.Cl. The van der Waals surface area contributed by atoms with Crippen molar-refractivity contribution in [3.63, 3.8) is 0 Å². The van der Waals surface area contributed by atoms with Crippen LogP contribution in [0.2, 0.25) is 0 Å². The van der Waals surface area contributed by atoms with Gasteiger partial charge in [-0.2, -0.15) is 0 Å². The van der Waals surface area contributed by atoms with E-state index in [0.717, 1.165) is 32.6 Å². The number of carbonyl (C=O) groups is 1. The first-order chi connectivity index (χ1) is 6.77. The van der Waals surface area contributed by atoms with Crippen LogP contribution in [0.4, 0.5) is 0 Å². The number of hydrogen-bond acceptors (Lipinski definition) is 3. The van der Waals surface area contributed by atoms with E-state index < -0.39 is 0 Å².